The molecule has 0 unspecified atom stereocenters. The van der Waals surface area contributed by atoms with Crippen molar-refractivity contribution >= 4 is 5.91 Å². The average molecular weight is 273 g/mol. The number of rotatable bonds is 3. The molecule has 4 bridgehead atoms. The van der Waals surface area contributed by atoms with Gasteiger partial charge in [-0.05, 0) is 75.3 Å². The van der Waals surface area contributed by atoms with Gasteiger partial charge in [0.1, 0.15) is 11.5 Å². The molecule has 3 heteroatoms. The standard InChI is InChI=1S/C17H23NO2/c1-11-2-3-15(20-11)10-18-16(19)17-7-12-4-13(8-17)6-14(5-12)9-17/h2-3,12-14H,4-10H2,1H3,(H,18,19). The van der Waals surface area contributed by atoms with E-state index in [9.17, 15) is 4.79 Å². The average Bonchev–Trinajstić information content (AvgIpc) is 2.80. The number of hydrogen-bond acceptors (Lipinski definition) is 2. The van der Waals surface area contributed by atoms with Crippen LogP contribution in [-0.2, 0) is 11.3 Å². The van der Waals surface area contributed by atoms with E-state index >= 15 is 0 Å². The number of amides is 1. The Morgan fingerprint density at radius 3 is 2.30 bits per heavy atom. The van der Waals surface area contributed by atoms with Crippen molar-refractivity contribution in [1.29, 1.82) is 0 Å². The Labute approximate surface area is 120 Å². The number of nitrogens with one attached hydrogen (secondary N) is 1. The van der Waals surface area contributed by atoms with Gasteiger partial charge in [-0.3, -0.25) is 4.79 Å². The van der Waals surface area contributed by atoms with E-state index in [1.807, 2.05) is 19.1 Å². The minimum absolute atomic E-state index is 0.0453. The van der Waals surface area contributed by atoms with Crippen molar-refractivity contribution < 1.29 is 9.21 Å². The molecule has 1 amide bonds. The summed E-state index contributed by atoms with van der Waals surface area (Å²) in [7, 11) is 0. The normalized spacial score (nSPS) is 38.1. The molecule has 0 spiro atoms. The molecule has 0 saturated heterocycles. The van der Waals surface area contributed by atoms with E-state index in [4.69, 9.17) is 4.42 Å². The molecule has 0 aromatic carbocycles. The highest BCUT2D eigenvalue weighted by atomic mass is 16.3. The predicted octanol–water partition coefficient (Wildman–Crippen LogP) is 3.42. The molecule has 1 N–H and O–H groups in total. The molecule has 0 aliphatic heterocycles. The number of carbonyl (C=O) groups is 1. The third-order valence-electron chi connectivity index (χ3n) is 5.74. The van der Waals surface area contributed by atoms with Gasteiger partial charge in [-0.25, -0.2) is 0 Å². The highest BCUT2D eigenvalue weighted by Gasteiger charge is 2.54. The van der Waals surface area contributed by atoms with Crippen LogP contribution < -0.4 is 5.32 Å². The van der Waals surface area contributed by atoms with Crippen molar-refractivity contribution in [3.8, 4) is 0 Å². The van der Waals surface area contributed by atoms with E-state index in [0.29, 0.717) is 6.54 Å². The summed E-state index contributed by atoms with van der Waals surface area (Å²) in [6, 6.07) is 3.90. The van der Waals surface area contributed by atoms with Crippen LogP contribution in [0, 0.1) is 30.1 Å². The zero-order valence-electron chi connectivity index (χ0n) is 12.2. The van der Waals surface area contributed by atoms with Gasteiger partial charge in [0, 0.05) is 5.41 Å². The zero-order valence-corrected chi connectivity index (χ0v) is 12.2. The second-order valence-corrected chi connectivity index (χ2v) is 7.39. The number of furan rings is 1. The summed E-state index contributed by atoms with van der Waals surface area (Å²) in [5.74, 6) is 4.50. The Kier molecular flexibility index (Phi) is 2.73. The molecule has 0 radical (unpaired) electrons. The minimum atomic E-state index is -0.0453. The summed E-state index contributed by atoms with van der Waals surface area (Å²) < 4.78 is 5.54. The SMILES string of the molecule is Cc1ccc(CNC(=O)C23CC4CC(CC(C4)C2)C3)o1. The van der Waals surface area contributed by atoms with Gasteiger partial charge in [-0.2, -0.15) is 0 Å². The van der Waals surface area contributed by atoms with E-state index in [1.165, 1.54) is 19.3 Å². The molecule has 108 valence electrons. The van der Waals surface area contributed by atoms with E-state index in [-0.39, 0.29) is 11.3 Å². The lowest BCUT2D eigenvalue weighted by Gasteiger charge is -2.55. The molecule has 1 aromatic heterocycles. The summed E-state index contributed by atoms with van der Waals surface area (Å²) in [4.78, 5) is 12.7. The fraction of sp³-hybridized carbons (Fsp3) is 0.706. The maximum Gasteiger partial charge on any atom is 0.226 e. The molecular weight excluding hydrogens is 250 g/mol. The van der Waals surface area contributed by atoms with Crippen LogP contribution >= 0.6 is 0 Å². The molecule has 1 heterocycles. The second kappa shape index (κ2) is 4.37. The third kappa shape index (κ3) is 1.99. The Balaban J connectivity index is 1.45. The molecule has 4 aliphatic carbocycles. The van der Waals surface area contributed by atoms with Crippen molar-refractivity contribution in [2.45, 2.75) is 52.0 Å². The first-order valence-electron chi connectivity index (χ1n) is 7.97. The number of hydrogen-bond donors (Lipinski definition) is 1. The minimum Gasteiger partial charge on any atom is -0.465 e. The van der Waals surface area contributed by atoms with Gasteiger partial charge in [-0.15, -0.1) is 0 Å². The zero-order chi connectivity index (χ0) is 13.7. The molecule has 4 fully saturated rings. The van der Waals surface area contributed by atoms with E-state index in [0.717, 1.165) is 48.5 Å². The Bertz CT molecular complexity index is 496. The van der Waals surface area contributed by atoms with Crippen molar-refractivity contribution in [2.24, 2.45) is 23.2 Å². The van der Waals surface area contributed by atoms with Gasteiger partial charge >= 0.3 is 0 Å². The van der Waals surface area contributed by atoms with E-state index in [1.54, 1.807) is 0 Å². The Hall–Kier alpha value is -1.25. The van der Waals surface area contributed by atoms with Gasteiger partial charge in [0.2, 0.25) is 5.91 Å². The quantitative estimate of drug-likeness (QED) is 0.917. The van der Waals surface area contributed by atoms with Crippen LogP contribution in [0.4, 0.5) is 0 Å². The monoisotopic (exact) mass is 273 g/mol. The molecule has 4 aliphatic rings. The predicted molar refractivity (Wildman–Crippen MR) is 75.9 cm³/mol. The molecule has 3 nitrogen and oxygen atoms in total. The molecule has 20 heavy (non-hydrogen) atoms. The van der Waals surface area contributed by atoms with Crippen molar-refractivity contribution in [3.63, 3.8) is 0 Å². The van der Waals surface area contributed by atoms with Crippen LogP contribution in [0.5, 0.6) is 0 Å². The largest absolute Gasteiger partial charge is 0.465 e. The lowest BCUT2D eigenvalue weighted by Crippen LogP contribution is -2.53. The molecule has 1 aromatic rings. The summed E-state index contributed by atoms with van der Waals surface area (Å²) in [6.45, 7) is 2.47. The van der Waals surface area contributed by atoms with Crippen molar-refractivity contribution in [2.75, 3.05) is 0 Å². The van der Waals surface area contributed by atoms with Crippen LogP contribution in [0.3, 0.4) is 0 Å². The van der Waals surface area contributed by atoms with E-state index < -0.39 is 0 Å². The van der Waals surface area contributed by atoms with Crippen molar-refractivity contribution in [3.05, 3.63) is 23.7 Å². The van der Waals surface area contributed by atoms with Gasteiger partial charge < -0.3 is 9.73 Å². The topological polar surface area (TPSA) is 42.2 Å². The molecule has 5 rings (SSSR count). The first-order chi connectivity index (χ1) is 9.63. The third-order valence-corrected chi connectivity index (χ3v) is 5.74. The van der Waals surface area contributed by atoms with Crippen LogP contribution in [0.1, 0.15) is 50.0 Å². The number of carbonyl (C=O) groups excluding carboxylic acids is 1. The van der Waals surface area contributed by atoms with Gasteiger partial charge in [0.15, 0.2) is 0 Å². The molecular formula is C17H23NO2. The molecule has 0 atom stereocenters. The maximum absolute atomic E-state index is 12.7. The highest BCUT2D eigenvalue weighted by Crippen LogP contribution is 2.60. The second-order valence-electron chi connectivity index (χ2n) is 7.39. The Morgan fingerprint density at radius 1 is 1.20 bits per heavy atom. The van der Waals surface area contributed by atoms with Crippen molar-refractivity contribution in [1.82, 2.24) is 5.32 Å². The van der Waals surface area contributed by atoms with Crippen LogP contribution in [0.15, 0.2) is 16.5 Å². The summed E-state index contributed by atoms with van der Waals surface area (Å²) in [5.41, 5.74) is -0.0453. The highest BCUT2D eigenvalue weighted by molar-refractivity contribution is 5.83. The van der Waals surface area contributed by atoms with Crippen LogP contribution in [0.2, 0.25) is 0 Å². The maximum atomic E-state index is 12.7. The lowest BCUT2D eigenvalue weighted by atomic mass is 9.49. The number of aryl methyl sites for hydroxylation is 1. The first kappa shape index (κ1) is 12.5. The summed E-state index contributed by atoms with van der Waals surface area (Å²) in [6.07, 6.45) is 7.52. The van der Waals surface area contributed by atoms with Gasteiger partial charge in [0.05, 0.1) is 6.54 Å². The van der Waals surface area contributed by atoms with Crippen LogP contribution in [0.25, 0.3) is 0 Å². The summed E-state index contributed by atoms with van der Waals surface area (Å²) >= 11 is 0. The van der Waals surface area contributed by atoms with Gasteiger partial charge in [-0.1, -0.05) is 0 Å². The fourth-order valence-electron chi connectivity index (χ4n) is 5.32. The first-order valence-corrected chi connectivity index (χ1v) is 7.97. The molecule has 4 saturated carbocycles. The lowest BCUT2D eigenvalue weighted by molar-refractivity contribution is -0.146. The van der Waals surface area contributed by atoms with E-state index in [2.05, 4.69) is 5.32 Å². The summed E-state index contributed by atoms with van der Waals surface area (Å²) in [5, 5.41) is 3.14. The Morgan fingerprint density at radius 2 is 1.80 bits per heavy atom. The smallest absolute Gasteiger partial charge is 0.226 e. The van der Waals surface area contributed by atoms with Crippen LogP contribution in [-0.4, -0.2) is 5.91 Å². The van der Waals surface area contributed by atoms with Gasteiger partial charge in [0.25, 0.3) is 0 Å². The fourth-order valence-corrected chi connectivity index (χ4v) is 5.32.